The summed E-state index contributed by atoms with van der Waals surface area (Å²) in [7, 11) is 0. The average molecular weight is 256 g/mol. The van der Waals surface area contributed by atoms with Crippen molar-refractivity contribution in [3.8, 4) is 0 Å². The highest BCUT2D eigenvalue weighted by molar-refractivity contribution is 6.07. The van der Waals surface area contributed by atoms with E-state index < -0.39 is 11.3 Å². The number of oxime groups is 1. The molecule has 0 radical (unpaired) electrons. The lowest BCUT2D eigenvalue weighted by molar-refractivity contribution is -0.141. The lowest BCUT2D eigenvalue weighted by atomic mass is 9.83. The maximum atomic E-state index is 12.5. The molecule has 1 rings (SSSR count). The van der Waals surface area contributed by atoms with Crippen LogP contribution in [0.4, 0.5) is 0 Å². The highest BCUT2D eigenvalue weighted by Crippen LogP contribution is 2.40. The first kappa shape index (κ1) is 14.3. The smallest absolute Gasteiger partial charge is 0.237 e. The summed E-state index contributed by atoms with van der Waals surface area (Å²) in [4.78, 5) is 24.8. The first-order valence-corrected chi connectivity index (χ1v) is 6.03. The molecular formula is C11H20N4O3. The topological polar surface area (TPSA) is 122 Å². The van der Waals surface area contributed by atoms with Crippen LogP contribution in [0.2, 0.25) is 0 Å². The second kappa shape index (κ2) is 5.70. The Morgan fingerprint density at radius 1 is 1.33 bits per heavy atom. The van der Waals surface area contributed by atoms with Crippen LogP contribution in [0.3, 0.4) is 0 Å². The number of hydrogen-bond donors (Lipinski definition) is 3. The minimum Gasteiger partial charge on any atom is -0.409 e. The van der Waals surface area contributed by atoms with Gasteiger partial charge in [-0.05, 0) is 19.8 Å². The Labute approximate surface area is 106 Å². The maximum absolute atomic E-state index is 12.5. The molecule has 0 aliphatic heterocycles. The minimum absolute atomic E-state index is 0.0760. The second-order valence-corrected chi connectivity index (χ2v) is 4.56. The van der Waals surface area contributed by atoms with Crippen LogP contribution in [0.25, 0.3) is 0 Å². The summed E-state index contributed by atoms with van der Waals surface area (Å²) in [6, 6.07) is 0. The highest BCUT2D eigenvalue weighted by Gasteiger charge is 2.47. The van der Waals surface area contributed by atoms with Gasteiger partial charge >= 0.3 is 0 Å². The van der Waals surface area contributed by atoms with Crippen LogP contribution < -0.4 is 11.5 Å². The van der Waals surface area contributed by atoms with Crippen molar-refractivity contribution in [1.29, 1.82) is 0 Å². The first-order valence-electron chi connectivity index (χ1n) is 6.03. The SMILES string of the molecule is CCN(CC(N)=O)C(=O)C1(C(N)=NO)CCCC1. The Kier molecular flexibility index (Phi) is 4.52. The molecular weight excluding hydrogens is 236 g/mol. The quantitative estimate of drug-likeness (QED) is 0.269. The predicted octanol–water partition coefficient (Wildman–Crippen LogP) is -0.373. The van der Waals surface area contributed by atoms with E-state index in [1.54, 1.807) is 6.92 Å². The molecule has 7 heteroatoms. The monoisotopic (exact) mass is 256 g/mol. The van der Waals surface area contributed by atoms with Gasteiger partial charge in [-0.25, -0.2) is 0 Å². The number of rotatable bonds is 5. The summed E-state index contributed by atoms with van der Waals surface area (Å²) in [6.07, 6.45) is 2.76. The Hall–Kier alpha value is -1.79. The van der Waals surface area contributed by atoms with Gasteiger partial charge in [0.05, 0.1) is 6.54 Å². The number of amides is 2. The zero-order valence-corrected chi connectivity index (χ0v) is 10.6. The number of carbonyl (C=O) groups is 2. The van der Waals surface area contributed by atoms with Crippen molar-refractivity contribution in [1.82, 2.24) is 4.90 Å². The van der Waals surface area contributed by atoms with E-state index in [0.717, 1.165) is 12.8 Å². The van der Waals surface area contributed by atoms with Crippen LogP contribution in [0, 0.1) is 5.41 Å². The Bertz CT molecular complexity index is 361. The van der Waals surface area contributed by atoms with E-state index in [0.29, 0.717) is 19.4 Å². The first-order chi connectivity index (χ1) is 8.47. The van der Waals surface area contributed by atoms with Gasteiger partial charge in [0.2, 0.25) is 11.8 Å². The molecule has 0 heterocycles. The molecule has 5 N–H and O–H groups in total. The molecule has 0 aromatic rings. The molecule has 0 saturated heterocycles. The van der Waals surface area contributed by atoms with Gasteiger partial charge in [0.25, 0.3) is 0 Å². The van der Waals surface area contributed by atoms with Gasteiger partial charge in [0, 0.05) is 6.54 Å². The van der Waals surface area contributed by atoms with E-state index in [1.807, 2.05) is 0 Å². The van der Waals surface area contributed by atoms with Crippen LogP contribution in [0.1, 0.15) is 32.6 Å². The molecule has 2 amide bonds. The Morgan fingerprint density at radius 3 is 2.28 bits per heavy atom. The van der Waals surface area contributed by atoms with E-state index in [4.69, 9.17) is 16.7 Å². The number of nitrogens with two attached hydrogens (primary N) is 2. The summed E-state index contributed by atoms with van der Waals surface area (Å²) >= 11 is 0. The second-order valence-electron chi connectivity index (χ2n) is 4.56. The number of nitrogens with zero attached hydrogens (tertiary/aromatic N) is 2. The van der Waals surface area contributed by atoms with Gasteiger partial charge < -0.3 is 21.6 Å². The summed E-state index contributed by atoms with van der Waals surface area (Å²) in [5, 5.41) is 11.8. The number of likely N-dealkylation sites (N-methyl/N-ethyl adjacent to an activating group) is 1. The van der Waals surface area contributed by atoms with Crippen molar-refractivity contribution in [2.45, 2.75) is 32.6 Å². The van der Waals surface area contributed by atoms with E-state index in [9.17, 15) is 9.59 Å². The molecule has 1 fully saturated rings. The van der Waals surface area contributed by atoms with Crippen molar-refractivity contribution >= 4 is 17.6 Å². The third kappa shape index (κ3) is 2.55. The number of primary amides is 1. The van der Waals surface area contributed by atoms with Crippen LogP contribution >= 0.6 is 0 Å². The van der Waals surface area contributed by atoms with Gasteiger partial charge in [0.1, 0.15) is 5.41 Å². The summed E-state index contributed by atoms with van der Waals surface area (Å²) in [5.41, 5.74) is 9.82. The predicted molar refractivity (Wildman–Crippen MR) is 65.8 cm³/mol. The zero-order valence-electron chi connectivity index (χ0n) is 10.6. The molecule has 7 nitrogen and oxygen atoms in total. The average Bonchev–Trinajstić information content (AvgIpc) is 2.84. The molecule has 0 aromatic heterocycles. The zero-order chi connectivity index (χ0) is 13.8. The Balaban J connectivity index is 2.99. The lowest BCUT2D eigenvalue weighted by Crippen LogP contribution is -2.51. The van der Waals surface area contributed by atoms with E-state index in [1.165, 1.54) is 4.90 Å². The molecule has 0 aromatic carbocycles. The fourth-order valence-corrected chi connectivity index (χ4v) is 2.47. The van der Waals surface area contributed by atoms with Crippen LogP contribution in [-0.2, 0) is 9.59 Å². The fraction of sp³-hybridized carbons (Fsp3) is 0.727. The number of carbonyl (C=O) groups excluding carboxylic acids is 2. The van der Waals surface area contributed by atoms with Crippen LogP contribution in [-0.4, -0.2) is 40.8 Å². The standard InChI is InChI=1S/C11H20N4O3/c1-2-15(7-8(12)16)10(17)11(9(13)14-18)5-3-4-6-11/h18H,2-7H2,1H3,(H2,12,16)(H2,13,14). The summed E-state index contributed by atoms with van der Waals surface area (Å²) < 4.78 is 0. The van der Waals surface area contributed by atoms with Crippen molar-refractivity contribution in [3.05, 3.63) is 0 Å². The molecule has 1 saturated carbocycles. The molecule has 0 unspecified atom stereocenters. The van der Waals surface area contributed by atoms with E-state index in [2.05, 4.69) is 5.16 Å². The molecule has 102 valence electrons. The molecule has 1 aliphatic carbocycles. The largest absolute Gasteiger partial charge is 0.409 e. The van der Waals surface area contributed by atoms with Crippen molar-refractivity contribution in [2.24, 2.45) is 22.0 Å². The van der Waals surface area contributed by atoms with Crippen LogP contribution in [0.15, 0.2) is 5.16 Å². The minimum atomic E-state index is -0.972. The van der Waals surface area contributed by atoms with Crippen molar-refractivity contribution < 1.29 is 14.8 Å². The third-order valence-electron chi connectivity index (χ3n) is 3.48. The van der Waals surface area contributed by atoms with Crippen molar-refractivity contribution in [3.63, 3.8) is 0 Å². The van der Waals surface area contributed by atoms with Gasteiger partial charge in [-0.1, -0.05) is 18.0 Å². The van der Waals surface area contributed by atoms with E-state index in [-0.39, 0.29) is 18.3 Å². The normalized spacial score (nSPS) is 18.6. The molecule has 0 spiro atoms. The van der Waals surface area contributed by atoms with E-state index >= 15 is 0 Å². The lowest BCUT2D eigenvalue weighted by Gasteiger charge is -2.32. The molecule has 18 heavy (non-hydrogen) atoms. The number of hydrogen-bond acceptors (Lipinski definition) is 4. The van der Waals surface area contributed by atoms with Gasteiger partial charge in [-0.3, -0.25) is 9.59 Å². The van der Waals surface area contributed by atoms with Gasteiger partial charge in [0.15, 0.2) is 5.84 Å². The van der Waals surface area contributed by atoms with Crippen molar-refractivity contribution in [2.75, 3.05) is 13.1 Å². The third-order valence-corrected chi connectivity index (χ3v) is 3.48. The molecule has 0 bridgehead atoms. The molecule has 0 atom stereocenters. The summed E-state index contributed by atoms with van der Waals surface area (Å²) in [5.74, 6) is -0.928. The number of amidine groups is 1. The van der Waals surface area contributed by atoms with Crippen LogP contribution in [0.5, 0.6) is 0 Å². The Morgan fingerprint density at radius 2 is 1.89 bits per heavy atom. The highest BCUT2D eigenvalue weighted by atomic mass is 16.4. The fourth-order valence-electron chi connectivity index (χ4n) is 2.47. The summed E-state index contributed by atoms with van der Waals surface area (Å²) in [6.45, 7) is 1.98. The van der Waals surface area contributed by atoms with Gasteiger partial charge in [-0.2, -0.15) is 0 Å². The van der Waals surface area contributed by atoms with Gasteiger partial charge in [-0.15, -0.1) is 0 Å². The maximum Gasteiger partial charge on any atom is 0.237 e. The molecule has 1 aliphatic rings.